The Morgan fingerprint density at radius 3 is 2.46 bits per heavy atom. The maximum atomic E-state index is 12.1. The Labute approximate surface area is 171 Å². The SMILES string of the molecule is COC(=O)c1ccc(NC(=O)/C=C/c2ccc(-c3ccc(Cl)cc3Cl)o2)cc1. The van der Waals surface area contributed by atoms with Gasteiger partial charge in [0.1, 0.15) is 11.5 Å². The average Bonchev–Trinajstić information content (AvgIpc) is 3.15. The molecule has 5 nitrogen and oxygen atoms in total. The van der Waals surface area contributed by atoms with Crippen LogP contribution in [0.25, 0.3) is 17.4 Å². The molecule has 142 valence electrons. The number of halogens is 2. The molecule has 1 N–H and O–H groups in total. The molecule has 0 radical (unpaired) electrons. The zero-order valence-electron chi connectivity index (χ0n) is 14.7. The lowest BCUT2D eigenvalue weighted by atomic mass is 10.2. The van der Waals surface area contributed by atoms with E-state index in [1.54, 1.807) is 60.7 Å². The van der Waals surface area contributed by atoms with Crippen LogP contribution in [0.5, 0.6) is 0 Å². The molecule has 3 aromatic rings. The highest BCUT2D eigenvalue weighted by molar-refractivity contribution is 6.36. The molecule has 2 aromatic carbocycles. The molecule has 0 unspecified atom stereocenters. The van der Waals surface area contributed by atoms with Crippen molar-refractivity contribution in [3.8, 4) is 11.3 Å². The molecule has 7 heteroatoms. The van der Waals surface area contributed by atoms with Crippen LogP contribution in [0, 0.1) is 0 Å². The summed E-state index contributed by atoms with van der Waals surface area (Å²) in [5, 5.41) is 3.71. The van der Waals surface area contributed by atoms with Crippen LogP contribution in [-0.4, -0.2) is 19.0 Å². The van der Waals surface area contributed by atoms with Gasteiger partial charge < -0.3 is 14.5 Å². The highest BCUT2D eigenvalue weighted by Gasteiger charge is 2.09. The minimum atomic E-state index is -0.438. The van der Waals surface area contributed by atoms with E-state index >= 15 is 0 Å². The minimum Gasteiger partial charge on any atom is -0.465 e. The molecule has 1 heterocycles. The fraction of sp³-hybridized carbons (Fsp3) is 0.0476. The lowest BCUT2D eigenvalue weighted by Gasteiger charge is -2.03. The van der Waals surface area contributed by atoms with Crippen LogP contribution >= 0.6 is 23.2 Å². The first-order chi connectivity index (χ1) is 13.5. The van der Waals surface area contributed by atoms with Crippen LogP contribution in [0.3, 0.4) is 0 Å². The summed E-state index contributed by atoms with van der Waals surface area (Å²) in [6.45, 7) is 0. The Kier molecular flexibility index (Phi) is 6.19. The van der Waals surface area contributed by atoms with Gasteiger partial charge in [-0.25, -0.2) is 4.79 Å². The third kappa shape index (κ3) is 4.82. The van der Waals surface area contributed by atoms with Crippen molar-refractivity contribution < 1.29 is 18.7 Å². The van der Waals surface area contributed by atoms with Gasteiger partial charge in [0, 0.05) is 22.3 Å². The lowest BCUT2D eigenvalue weighted by molar-refractivity contribution is -0.111. The second-order valence-electron chi connectivity index (χ2n) is 5.72. The molecule has 0 saturated carbocycles. The van der Waals surface area contributed by atoms with Gasteiger partial charge >= 0.3 is 5.97 Å². The molecular weight excluding hydrogens is 401 g/mol. The van der Waals surface area contributed by atoms with Crippen molar-refractivity contribution in [2.45, 2.75) is 0 Å². The van der Waals surface area contributed by atoms with E-state index in [4.69, 9.17) is 27.6 Å². The van der Waals surface area contributed by atoms with Crippen LogP contribution in [0.4, 0.5) is 5.69 Å². The normalized spacial score (nSPS) is 10.8. The van der Waals surface area contributed by atoms with E-state index in [0.29, 0.717) is 38.4 Å². The molecular formula is C21H15Cl2NO4. The number of esters is 1. The first-order valence-electron chi connectivity index (χ1n) is 8.19. The van der Waals surface area contributed by atoms with Gasteiger partial charge in [0.2, 0.25) is 5.91 Å². The third-order valence-corrected chi connectivity index (χ3v) is 4.34. The van der Waals surface area contributed by atoms with Crippen molar-refractivity contribution in [3.63, 3.8) is 0 Å². The quantitative estimate of drug-likeness (QED) is 0.429. The Hall–Kier alpha value is -3.02. The summed E-state index contributed by atoms with van der Waals surface area (Å²) in [7, 11) is 1.31. The summed E-state index contributed by atoms with van der Waals surface area (Å²) in [6.07, 6.45) is 2.89. The van der Waals surface area contributed by atoms with Gasteiger partial charge in [0.25, 0.3) is 0 Å². The number of amides is 1. The van der Waals surface area contributed by atoms with Crippen molar-refractivity contribution >= 4 is 46.8 Å². The van der Waals surface area contributed by atoms with Crippen molar-refractivity contribution in [3.05, 3.63) is 82.0 Å². The van der Waals surface area contributed by atoms with Crippen LogP contribution in [0.1, 0.15) is 16.1 Å². The van der Waals surface area contributed by atoms with E-state index in [1.807, 2.05) is 0 Å². The number of carbonyl (C=O) groups excluding carboxylic acids is 2. The van der Waals surface area contributed by atoms with Gasteiger partial charge in [-0.2, -0.15) is 0 Å². The first kappa shape index (κ1) is 19.7. The molecule has 0 aliphatic rings. The number of anilines is 1. The second kappa shape index (κ2) is 8.78. The predicted molar refractivity (Wildman–Crippen MR) is 110 cm³/mol. The minimum absolute atomic E-state index is 0.340. The molecule has 0 aliphatic heterocycles. The van der Waals surface area contributed by atoms with E-state index in [2.05, 4.69) is 10.1 Å². The molecule has 0 spiro atoms. The molecule has 0 atom stereocenters. The van der Waals surface area contributed by atoms with E-state index in [0.717, 1.165) is 0 Å². The number of methoxy groups -OCH3 is 1. The second-order valence-corrected chi connectivity index (χ2v) is 6.56. The molecule has 1 amide bonds. The zero-order valence-corrected chi connectivity index (χ0v) is 16.3. The van der Waals surface area contributed by atoms with E-state index in [-0.39, 0.29) is 5.91 Å². The topological polar surface area (TPSA) is 68.5 Å². The standard InChI is InChI=1S/C21H15Cl2NO4/c1-27-21(26)13-2-5-15(6-3-13)24-20(25)11-8-16-7-10-19(28-16)17-9-4-14(22)12-18(17)23/h2-12H,1H3,(H,24,25)/b11-8+. The Morgan fingerprint density at radius 2 is 1.79 bits per heavy atom. The Morgan fingerprint density at radius 1 is 1.04 bits per heavy atom. The van der Waals surface area contributed by atoms with Gasteiger partial charge in [-0.3, -0.25) is 4.79 Å². The lowest BCUT2D eigenvalue weighted by Crippen LogP contribution is -2.08. The fourth-order valence-electron chi connectivity index (χ4n) is 2.43. The summed E-state index contributed by atoms with van der Waals surface area (Å²) in [6, 6.07) is 15.0. The van der Waals surface area contributed by atoms with E-state index < -0.39 is 5.97 Å². The van der Waals surface area contributed by atoms with Crippen molar-refractivity contribution in [1.29, 1.82) is 0 Å². The summed E-state index contributed by atoms with van der Waals surface area (Å²) in [5.74, 6) is 0.290. The van der Waals surface area contributed by atoms with Crippen molar-refractivity contribution in [2.24, 2.45) is 0 Å². The Bertz CT molecular complexity index is 1040. The maximum Gasteiger partial charge on any atom is 0.337 e. The van der Waals surface area contributed by atoms with Gasteiger partial charge in [-0.15, -0.1) is 0 Å². The monoisotopic (exact) mass is 415 g/mol. The number of carbonyl (C=O) groups is 2. The van der Waals surface area contributed by atoms with Crippen LogP contribution < -0.4 is 5.32 Å². The summed E-state index contributed by atoms with van der Waals surface area (Å²) in [5.41, 5.74) is 1.66. The van der Waals surface area contributed by atoms with Gasteiger partial charge in [-0.05, 0) is 60.7 Å². The predicted octanol–water partition coefficient (Wildman–Crippen LogP) is 5.69. The summed E-state index contributed by atoms with van der Waals surface area (Å²) >= 11 is 12.1. The van der Waals surface area contributed by atoms with Crippen LogP contribution in [-0.2, 0) is 9.53 Å². The number of furan rings is 1. The summed E-state index contributed by atoms with van der Waals surface area (Å²) in [4.78, 5) is 23.5. The van der Waals surface area contributed by atoms with Crippen LogP contribution in [0.2, 0.25) is 10.0 Å². The number of ether oxygens (including phenoxy) is 1. The van der Waals surface area contributed by atoms with Gasteiger partial charge in [-0.1, -0.05) is 23.2 Å². The fourth-order valence-corrected chi connectivity index (χ4v) is 2.93. The molecule has 1 aromatic heterocycles. The van der Waals surface area contributed by atoms with E-state index in [9.17, 15) is 9.59 Å². The van der Waals surface area contributed by atoms with Crippen molar-refractivity contribution in [2.75, 3.05) is 12.4 Å². The van der Waals surface area contributed by atoms with Gasteiger partial charge in [0.05, 0.1) is 17.7 Å². The van der Waals surface area contributed by atoms with Gasteiger partial charge in [0.15, 0.2) is 0 Å². The average molecular weight is 416 g/mol. The molecule has 0 aliphatic carbocycles. The summed E-state index contributed by atoms with van der Waals surface area (Å²) < 4.78 is 10.3. The molecule has 0 saturated heterocycles. The highest BCUT2D eigenvalue weighted by Crippen LogP contribution is 2.31. The molecule has 28 heavy (non-hydrogen) atoms. The van der Waals surface area contributed by atoms with Crippen molar-refractivity contribution in [1.82, 2.24) is 0 Å². The van der Waals surface area contributed by atoms with Crippen LogP contribution in [0.15, 0.2) is 65.1 Å². The Balaban J connectivity index is 1.64. The third-order valence-electron chi connectivity index (χ3n) is 3.80. The molecule has 3 rings (SSSR count). The number of rotatable bonds is 5. The number of benzene rings is 2. The largest absolute Gasteiger partial charge is 0.465 e. The zero-order chi connectivity index (χ0) is 20.1. The smallest absolute Gasteiger partial charge is 0.337 e. The molecule has 0 fully saturated rings. The first-order valence-corrected chi connectivity index (χ1v) is 8.94. The number of nitrogens with one attached hydrogen (secondary N) is 1. The van der Waals surface area contributed by atoms with E-state index in [1.165, 1.54) is 13.2 Å². The molecule has 0 bridgehead atoms. The highest BCUT2D eigenvalue weighted by atomic mass is 35.5. The maximum absolute atomic E-state index is 12.1. The number of hydrogen-bond acceptors (Lipinski definition) is 4. The number of hydrogen-bond donors (Lipinski definition) is 1.